The summed E-state index contributed by atoms with van der Waals surface area (Å²) in [5.74, 6) is -0.723. The first-order chi connectivity index (χ1) is 15.9. The molecule has 3 aromatic rings. The summed E-state index contributed by atoms with van der Waals surface area (Å²) in [5.41, 5.74) is -0.598. The Morgan fingerprint density at radius 1 is 1.09 bits per heavy atom. The van der Waals surface area contributed by atoms with Crippen molar-refractivity contribution in [3.8, 4) is 5.75 Å². The van der Waals surface area contributed by atoms with Crippen LogP contribution in [0.2, 0.25) is 0 Å². The molecule has 1 aliphatic rings. The molecule has 9 heteroatoms. The number of rotatable bonds is 7. The Balaban J connectivity index is 1.85. The van der Waals surface area contributed by atoms with Gasteiger partial charge >= 0.3 is 0 Å². The van der Waals surface area contributed by atoms with Gasteiger partial charge in [-0.25, -0.2) is 12.8 Å². The summed E-state index contributed by atoms with van der Waals surface area (Å²) in [4.78, 5) is 14.2. The number of hydrogen-bond donors (Lipinski definition) is 2. The summed E-state index contributed by atoms with van der Waals surface area (Å²) in [6.45, 7) is 1.22. The molecule has 1 saturated heterocycles. The van der Waals surface area contributed by atoms with E-state index in [1.54, 1.807) is 24.3 Å². The van der Waals surface area contributed by atoms with E-state index in [0.29, 0.717) is 31.7 Å². The summed E-state index contributed by atoms with van der Waals surface area (Å²) in [7, 11) is -2.63. The van der Waals surface area contributed by atoms with Crippen LogP contribution in [0.25, 0.3) is 0 Å². The zero-order chi connectivity index (χ0) is 23.5. The number of piperidine rings is 1. The first-order valence-corrected chi connectivity index (χ1v) is 13.0. The molecule has 1 aromatic heterocycles. The van der Waals surface area contributed by atoms with Crippen molar-refractivity contribution in [2.24, 2.45) is 0 Å². The number of sulfone groups is 1. The highest BCUT2D eigenvalue weighted by atomic mass is 32.2. The molecule has 1 fully saturated rings. The van der Waals surface area contributed by atoms with Gasteiger partial charge in [0.05, 0.1) is 17.6 Å². The zero-order valence-corrected chi connectivity index (χ0v) is 19.7. The van der Waals surface area contributed by atoms with Gasteiger partial charge in [0.15, 0.2) is 9.84 Å². The summed E-state index contributed by atoms with van der Waals surface area (Å²) in [6, 6.07) is 15.2. The minimum absolute atomic E-state index is 0.0382. The predicted octanol–water partition coefficient (Wildman–Crippen LogP) is 3.75. The van der Waals surface area contributed by atoms with Crippen molar-refractivity contribution < 1.29 is 22.3 Å². The minimum atomic E-state index is -4.09. The van der Waals surface area contributed by atoms with Gasteiger partial charge in [0.1, 0.15) is 16.9 Å². The lowest BCUT2D eigenvalue weighted by Crippen LogP contribution is -2.58. The van der Waals surface area contributed by atoms with E-state index < -0.39 is 32.4 Å². The number of thiophene rings is 1. The molecule has 33 heavy (non-hydrogen) atoms. The highest BCUT2D eigenvalue weighted by Gasteiger charge is 2.50. The molecule has 0 bridgehead atoms. The lowest BCUT2D eigenvalue weighted by Gasteiger charge is -2.43. The summed E-state index contributed by atoms with van der Waals surface area (Å²) < 4.78 is 46.8. The van der Waals surface area contributed by atoms with Crippen molar-refractivity contribution in [2.75, 3.05) is 20.2 Å². The number of halogens is 1. The van der Waals surface area contributed by atoms with Gasteiger partial charge in [-0.1, -0.05) is 18.2 Å². The molecule has 1 amide bonds. The number of ether oxygens (including phenoxy) is 1. The van der Waals surface area contributed by atoms with Gasteiger partial charge in [-0.2, -0.15) is 0 Å². The SMILES string of the molecule is COc1ccccc1C(=O)NC(C1(c2cccs2)CCNCC1)S(=O)(=O)c1ccc(F)cc1. The molecule has 0 spiro atoms. The molecule has 4 rings (SSSR count). The van der Waals surface area contributed by atoms with Crippen LogP contribution >= 0.6 is 11.3 Å². The van der Waals surface area contributed by atoms with E-state index in [-0.39, 0.29) is 10.5 Å². The molecule has 1 unspecified atom stereocenters. The Bertz CT molecular complexity index is 1210. The Hall–Kier alpha value is -2.75. The molecule has 1 aliphatic heterocycles. The fraction of sp³-hybridized carbons (Fsp3) is 0.292. The minimum Gasteiger partial charge on any atom is -0.496 e. The average Bonchev–Trinajstić information content (AvgIpc) is 3.39. The fourth-order valence-electron chi connectivity index (χ4n) is 4.37. The maximum Gasteiger partial charge on any atom is 0.256 e. The second-order valence-corrected chi connectivity index (χ2v) is 10.9. The summed E-state index contributed by atoms with van der Waals surface area (Å²) >= 11 is 1.47. The Kier molecular flexibility index (Phi) is 6.83. The van der Waals surface area contributed by atoms with Gasteiger partial charge in [0.2, 0.25) is 0 Å². The monoisotopic (exact) mass is 488 g/mol. The molecular formula is C24H25FN2O4S2. The van der Waals surface area contributed by atoms with Crippen LogP contribution in [0.4, 0.5) is 4.39 Å². The van der Waals surface area contributed by atoms with Crippen molar-refractivity contribution in [3.63, 3.8) is 0 Å². The van der Waals surface area contributed by atoms with Gasteiger partial charge in [-0.15, -0.1) is 11.3 Å². The van der Waals surface area contributed by atoms with E-state index in [9.17, 15) is 17.6 Å². The van der Waals surface area contributed by atoms with E-state index in [2.05, 4.69) is 10.6 Å². The van der Waals surface area contributed by atoms with Crippen molar-refractivity contribution >= 4 is 27.1 Å². The molecule has 2 heterocycles. The standard InChI is InChI=1S/C24H25FN2O4S2/c1-31-20-6-3-2-5-19(20)22(28)27-23(33(29,30)18-10-8-17(25)9-11-18)24(12-14-26-15-13-24)21-7-4-16-32-21/h2-11,16,23,26H,12-15H2,1H3,(H,27,28). The van der Waals surface area contributed by atoms with E-state index in [4.69, 9.17) is 4.74 Å². The molecule has 0 radical (unpaired) electrons. The number of hydrogen-bond acceptors (Lipinski definition) is 6. The second-order valence-electron chi connectivity index (χ2n) is 7.94. The first-order valence-electron chi connectivity index (χ1n) is 10.6. The van der Waals surface area contributed by atoms with E-state index in [1.165, 1.54) is 30.6 Å². The number of carbonyl (C=O) groups excluding carboxylic acids is 1. The number of carbonyl (C=O) groups is 1. The van der Waals surface area contributed by atoms with Crippen LogP contribution in [0.1, 0.15) is 28.1 Å². The third-order valence-corrected chi connectivity index (χ3v) is 9.28. The summed E-state index contributed by atoms with van der Waals surface area (Å²) in [6.07, 6.45) is 1.04. The zero-order valence-electron chi connectivity index (χ0n) is 18.1. The number of benzene rings is 2. The Morgan fingerprint density at radius 3 is 2.42 bits per heavy atom. The van der Waals surface area contributed by atoms with Crippen molar-refractivity contribution in [2.45, 2.75) is 28.5 Å². The van der Waals surface area contributed by atoms with Gasteiger partial charge < -0.3 is 15.4 Å². The quantitative estimate of drug-likeness (QED) is 0.495. The van der Waals surface area contributed by atoms with Crippen LogP contribution in [0, 0.1) is 5.82 Å². The van der Waals surface area contributed by atoms with Crippen LogP contribution < -0.4 is 15.4 Å². The molecule has 6 nitrogen and oxygen atoms in total. The van der Waals surface area contributed by atoms with Crippen molar-refractivity contribution in [3.05, 3.63) is 82.3 Å². The second kappa shape index (κ2) is 9.62. The molecular weight excluding hydrogens is 463 g/mol. The smallest absolute Gasteiger partial charge is 0.256 e. The van der Waals surface area contributed by atoms with Crippen LogP contribution in [0.15, 0.2) is 70.9 Å². The van der Waals surface area contributed by atoms with Gasteiger partial charge in [0, 0.05) is 10.3 Å². The molecule has 0 saturated carbocycles. The maximum absolute atomic E-state index is 14.0. The van der Waals surface area contributed by atoms with Crippen LogP contribution in [0.5, 0.6) is 5.75 Å². The summed E-state index contributed by atoms with van der Waals surface area (Å²) in [5, 5.41) is 6.77. The number of nitrogens with one attached hydrogen (secondary N) is 2. The molecule has 174 valence electrons. The van der Waals surface area contributed by atoms with Crippen LogP contribution in [0.3, 0.4) is 0 Å². The van der Waals surface area contributed by atoms with Crippen molar-refractivity contribution in [1.29, 1.82) is 0 Å². The van der Waals surface area contributed by atoms with Crippen molar-refractivity contribution in [1.82, 2.24) is 10.6 Å². The van der Waals surface area contributed by atoms with E-state index >= 15 is 0 Å². The number of amides is 1. The third-order valence-electron chi connectivity index (χ3n) is 6.08. The molecule has 2 aromatic carbocycles. The van der Waals surface area contributed by atoms with Gasteiger partial charge in [-0.3, -0.25) is 4.79 Å². The molecule has 2 N–H and O–H groups in total. The Labute approximate surface area is 196 Å². The highest BCUT2D eigenvalue weighted by Crippen LogP contribution is 2.43. The highest BCUT2D eigenvalue weighted by molar-refractivity contribution is 7.92. The maximum atomic E-state index is 14.0. The van der Waals surface area contributed by atoms with E-state index in [0.717, 1.165) is 17.0 Å². The van der Waals surface area contributed by atoms with Gasteiger partial charge in [-0.05, 0) is 73.8 Å². The lowest BCUT2D eigenvalue weighted by atomic mass is 9.77. The fourth-order valence-corrected chi connectivity index (χ4v) is 7.47. The van der Waals surface area contributed by atoms with Crippen LogP contribution in [-0.2, 0) is 15.3 Å². The Morgan fingerprint density at radius 2 is 1.79 bits per heavy atom. The largest absolute Gasteiger partial charge is 0.496 e. The van der Waals surface area contributed by atoms with Gasteiger partial charge in [0.25, 0.3) is 5.91 Å². The molecule has 1 atom stereocenters. The normalized spacial score (nSPS) is 16.7. The molecule has 0 aliphatic carbocycles. The third kappa shape index (κ3) is 4.53. The van der Waals surface area contributed by atoms with Crippen LogP contribution in [-0.4, -0.2) is 39.9 Å². The first kappa shape index (κ1) is 23.4. The topological polar surface area (TPSA) is 84.5 Å². The lowest BCUT2D eigenvalue weighted by molar-refractivity contribution is 0.0923. The predicted molar refractivity (Wildman–Crippen MR) is 126 cm³/mol. The number of para-hydroxylation sites is 1. The number of methoxy groups -OCH3 is 1. The van der Waals surface area contributed by atoms with E-state index in [1.807, 2.05) is 17.5 Å². The average molecular weight is 489 g/mol.